The number of amides is 1. The molecule has 0 aliphatic carbocycles. The summed E-state index contributed by atoms with van der Waals surface area (Å²) in [6.45, 7) is 4.38. The zero-order valence-corrected chi connectivity index (χ0v) is 9.54. The number of piperidine rings is 1. The van der Waals surface area contributed by atoms with Crippen LogP contribution in [-0.2, 0) is 14.3 Å². The van der Waals surface area contributed by atoms with Crippen LogP contribution in [0.3, 0.4) is 0 Å². The summed E-state index contributed by atoms with van der Waals surface area (Å²) in [5.74, 6) is 0.577. The molecule has 5 heteroatoms. The molecule has 2 rings (SSSR count). The van der Waals surface area contributed by atoms with Crippen LogP contribution >= 0.6 is 0 Å². The minimum Gasteiger partial charge on any atom is -0.376 e. The topological polar surface area (TPSA) is 59.6 Å². The average molecular weight is 228 g/mol. The largest absolute Gasteiger partial charge is 0.376 e. The Morgan fingerprint density at radius 3 is 2.81 bits per heavy atom. The van der Waals surface area contributed by atoms with Crippen molar-refractivity contribution in [2.75, 3.05) is 39.5 Å². The first-order valence-electron chi connectivity index (χ1n) is 6.04. The summed E-state index contributed by atoms with van der Waals surface area (Å²) in [6, 6.07) is 0. The molecule has 1 amide bonds. The molecule has 2 aliphatic heterocycles. The Morgan fingerprint density at radius 2 is 2.12 bits per heavy atom. The Morgan fingerprint density at radius 1 is 1.31 bits per heavy atom. The van der Waals surface area contributed by atoms with Gasteiger partial charge in [0.15, 0.2) is 6.10 Å². The third kappa shape index (κ3) is 3.43. The Bertz CT molecular complexity index is 223. The quantitative estimate of drug-likeness (QED) is 0.685. The van der Waals surface area contributed by atoms with Gasteiger partial charge in [-0.3, -0.25) is 4.79 Å². The van der Waals surface area contributed by atoms with Gasteiger partial charge in [-0.15, -0.1) is 0 Å². The standard InChI is InChI=1S/C11H20N2O3/c14-11(10-8-15-5-6-16-10)13-7-9-1-3-12-4-2-9/h9-10,12H,1-8H2,(H,13,14). The van der Waals surface area contributed by atoms with E-state index in [-0.39, 0.29) is 5.91 Å². The van der Waals surface area contributed by atoms with E-state index in [9.17, 15) is 4.79 Å². The molecule has 0 aromatic rings. The fraction of sp³-hybridized carbons (Fsp3) is 0.909. The third-order valence-corrected chi connectivity index (χ3v) is 3.13. The first-order valence-corrected chi connectivity index (χ1v) is 6.04. The minimum atomic E-state index is -0.407. The molecule has 2 fully saturated rings. The summed E-state index contributed by atoms with van der Waals surface area (Å²) in [6.07, 6.45) is 1.88. The highest BCUT2D eigenvalue weighted by Gasteiger charge is 2.23. The number of hydrogen-bond donors (Lipinski definition) is 2. The van der Waals surface area contributed by atoms with Gasteiger partial charge in [-0.1, -0.05) is 0 Å². The predicted molar refractivity (Wildman–Crippen MR) is 59.2 cm³/mol. The highest BCUT2D eigenvalue weighted by molar-refractivity contribution is 5.80. The molecule has 1 atom stereocenters. The molecule has 5 nitrogen and oxygen atoms in total. The van der Waals surface area contributed by atoms with Crippen LogP contribution in [-0.4, -0.2) is 51.5 Å². The number of carbonyl (C=O) groups excluding carboxylic acids is 1. The summed E-state index contributed by atoms with van der Waals surface area (Å²) in [4.78, 5) is 11.7. The Labute approximate surface area is 95.9 Å². The van der Waals surface area contributed by atoms with Crippen LogP contribution in [0.4, 0.5) is 0 Å². The molecule has 0 aromatic heterocycles. The second-order valence-corrected chi connectivity index (χ2v) is 4.37. The van der Waals surface area contributed by atoms with Crippen molar-refractivity contribution < 1.29 is 14.3 Å². The lowest BCUT2D eigenvalue weighted by Gasteiger charge is -2.25. The van der Waals surface area contributed by atoms with Crippen LogP contribution in [0, 0.1) is 5.92 Å². The highest BCUT2D eigenvalue weighted by atomic mass is 16.6. The SMILES string of the molecule is O=C(NCC1CCNCC1)C1COCCO1. The van der Waals surface area contributed by atoms with Crippen molar-refractivity contribution in [1.29, 1.82) is 0 Å². The molecule has 2 heterocycles. The summed E-state index contributed by atoms with van der Waals surface area (Å²) in [5.41, 5.74) is 0. The van der Waals surface area contributed by atoms with E-state index in [4.69, 9.17) is 9.47 Å². The molecule has 16 heavy (non-hydrogen) atoms. The van der Waals surface area contributed by atoms with Crippen molar-refractivity contribution in [1.82, 2.24) is 10.6 Å². The molecule has 0 aromatic carbocycles. The summed E-state index contributed by atoms with van der Waals surface area (Å²) >= 11 is 0. The lowest BCUT2D eigenvalue weighted by molar-refractivity contribution is -0.147. The van der Waals surface area contributed by atoms with E-state index in [1.807, 2.05) is 0 Å². The van der Waals surface area contributed by atoms with Crippen molar-refractivity contribution in [2.24, 2.45) is 5.92 Å². The van der Waals surface area contributed by atoms with Crippen molar-refractivity contribution in [3.63, 3.8) is 0 Å². The second kappa shape index (κ2) is 6.18. The number of carbonyl (C=O) groups is 1. The predicted octanol–water partition coefficient (Wildman–Crippen LogP) is -0.482. The molecule has 2 aliphatic rings. The maximum atomic E-state index is 11.7. The molecule has 2 saturated heterocycles. The Hall–Kier alpha value is -0.650. The first kappa shape index (κ1) is 11.8. The van der Waals surface area contributed by atoms with E-state index >= 15 is 0 Å². The van der Waals surface area contributed by atoms with E-state index in [1.54, 1.807) is 0 Å². The van der Waals surface area contributed by atoms with Gasteiger partial charge in [-0.25, -0.2) is 0 Å². The van der Waals surface area contributed by atoms with Gasteiger partial charge in [-0.2, -0.15) is 0 Å². The van der Waals surface area contributed by atoms with Crippen LogP contribution in [0.2, 0.25) is 0 Å². The third-order valence-electron chi connectivity index (χ3n) is 3.13. The molecule has 0 spiro atoms. The molecule has 0 saturated carbocycles. The zero-order valence-electron chi connectivity index (χ0n) is 9.54. The monoisotopic (exact) mass is 228 g/mol. The fourth-order valence-corrected chi connectivity index (χ4v) is 2.08. The van der Waals surface area contributed by atoms with Gasteiger partial charge in [0.2, 0.25) is 0 Å². The molecule has 1 unspecified atom stereocenters. The van der Waals surface area contributed by atoms with Gasteiger partial charge in [0.1, 0.15) is 0 Å². The Balaban J connectivity index is 1.65. The van der Waals surface area contributed by atoms with Crippen LogP contribution < -0.4 is 10.6 Å². The van der Waals surface area contributed by atoms with E-state index in [1.165, 1.54) is 0 Å². The van der Waals surface area contributed by atoms with Crippen LogP contribution in [0.5, 0.6) is 0 Å². The van der Waals surface area contributed by atoms with E-state index in [0.29, 0.717) is 25.7 Å². The molecule has 0 bridgehead atoms. The molecule has 0 radical (unpaired) electrons. The van der Waals surface area contributed by atoms with Crippen LogP contribution in [0.15, 0.2) is 0 Å². The number of nitrogens with one attached hydrogen (secondary N) is 2. The lowest BCUT2D eigenvalue weighted by atomic mass is 9.98. The lowest BCUT2D eigenvalue weighted by Crippen LogP contribution is -2.45. The maximum Gasteiger partial charge on any atom is 0.251 e. The number of hydrogen-bond acceptors (Lipinski definition) is 4. The zero-order chi connectivity index (χ0) is 11.2. The Kier molecular flexibility index (Phi) is 4.56. The van der Waals surface area contributed by atoms with Gasteiger partial charge < -0.3 is 20.1 Å². The first-order chi connectivity index (χ1) is 7.86. The van der Waals surface area contributed by atoms with Gasteiger partial charge >= 0.3 is 0 Å². The number of ether oxygens (including phenoxy) is 2. The van der Waals surface area contributed by atoms with Crippen molar-refractivity contribution >= 4 is 5.91 Å². The van der Waals surface area contributed by atoms with Crippen LogP contribution in [0.25, 0.3) is 0 Å². The maximum absolute atomic E-state index is 11.7. The minimum absolute atomic E-state index is 0.0294. The second-order valence-electron chi connectivity index (χ2n) is 4.37. The molecular weight excluding hydrogens is 208 g/mol. The smallest absolute Gasteiger partial charge is 0.251 e. The highest BCUT2D eigenvalue weighted by Crippen LogP contribution is 2.10. The van der Waals surface area contributed by atoms with Crippen molar-refractivity contribution in [3.8, 4) is 0 Å². The van der Waals surface area contributed by atoms with Gasteiger partial charge in [0.05, 0.1) is 19.8 Å². The van der Waals surface area contributed by atoms with Crippen molar-refractivity contribution in [2.45, 2.75) is 18.9 Å². The summed E-state index contributed by atoms with van der Waals surface area (Å²) in [7, 11) is 0. The summed E-state index contributed by atoms with van der Waals surface area (Å²) in [5, 5.41) is 6.26. The van der Waals surface area contributed by atoms with E-state index in [2.05, 4.69) is 10.6 Å². The number of rotatable bonds is 3. The van der Waals surface area contributed by atoms with E-state index in [0.717, 1.165) is 32.5 Å². The van der Waals surface area contributed by atoms with Gasteiger partial charge in [0.25, 0.3) is 5.91 Å². The van der Waals surface area contributed by atoms with Gasteiger partial charge in [0, 0.05) is 6.54 Å². The summed E-state index contributed by atoms with van der Waals surface area (Å²) < 4.78 is 10.5. The fourth-order valence-electron chi connectivity index (χ4n) is 2.08. The van der Waals surface area contributed by atoms with E-state index < -0.39 is 6.10 Å². The normalized spacial score (nSPS) is 27.6. The van der Waals surface area contributed by atoms with Gasteiger partial charge in [-0.05, 0) is 31.8 Å². The van der Waals surface area contributed by atoms with Crippen LogP contribution in [0.1, 0.15) is 12.8 Å². The average Bonchev–Trinajstić information content (AvgIpc) is 2.38. The molecule has 2 N–H and O–H groups in total. The van der Waals surface area contributed by atoms with Crippen molar-refractivity contribution in [3.05, 3.63) is 0 Å². The molecular formula is C11H20N2O3. The molecule has 92 valence electrons.